The lowest BCUT2D eigenvalue weighted by Crippen LogP contribution is -2.44. The monoisotopic (exact) mass is 284 g/mol. The van der Waals surface area contributed by atoms with Crippen molar-refractivity contribution in [1.29, 1.82) is 0 Å². The fourth-order valence-electron chi connectivity index (χ4n) is 1.63. The first-order valence-corrected chi connectivity index (χ1v) is 6.65. The number of nitrogens with two attached hydrogens (primary N) is 1. The Bertz CT molecular complexity index is 437. The Labute approximate surface area is 118 Å². The molecule has 0 aliphatic carbocycles. The van der Waals surface area contributed by atoms with E-state index in [2.05, 4.69) is 5.32 Å². The summed E-state index contributed by atoms with van der Waals surface area (Å²) in [6.45, 7) is 2.02. The van der Waals surface area contributed by atoms with E-state index in [0.29, 0.717) is 10.0 Å². The van der Waals surface area contributed by atoms with Gasteiger partial charge in [0, 0.05) is 5.02 Å². The Morgan fingerprint density at radius 3 is 2.72 bits per heavy atom. The zero-order valence-electron chi connectivity index (χ0n) is 10.3. The predicted octanol–water partition coefficient (Wildman–Crippen LogP) is 2.45. The van der Waals surface area contributed by atoms with Crippen LogP contribution < -0.4 is 11.1 Å². The number of rotatable bonds is 6. The van der Waals surface area contributed by atoms with Gasteiger partial charge in [-0.15, -0.1) is 0 Å². The van der Waals surface area contributed by atoms with Crippen molar-refractivity contribution in [3.8, 4) is 0 Å². The second kappa shape index (κ2) is 7.34. The van der Waals surface area contributed by atoms with Crippen molar-refractivity contribution in [2.24, 2.45) is 5.73 Å². The molecule has 18 heavy (non-hydrogen) atoms. The van der Waals surface area contributed by atoms with Crippen molar-refractivity contribution in [2.75, 3.05) is 0 Å². The highest BCUT2D eigenvalue weighted by molar-refractivity contribution is 7.80. The summed E-state index contributed by atoms with van der Waals surface area (Å²) in [5.74, 6) is -0.116. The Kier molecular flexibility index (Phi) is 6.09. The zero-order chi connectivity index (χ0) is 13.5. The highest BCUT2D eigenvalue weighted by Gasteiger charge is 2.14. The molecule has 1 aromatic rings. The van der Waals surface area contributed by atoms with Gasteiger partial charge < -0.3 is 11.1 Å². The van der Waals surface area contributed by atoms with Crippen LogP contribution in [0.5, 0.6) is 0 Å². The Balaban J connectivity index is 2.61. The van der Waals surface area contributed by atoms with E-state index in [1.54, 1.807) is 6.07 Å². The van der Waals surface area contributed by atoms with E-state index >= 15 is 0 Å². The van der Waals surface area contributed by atoms with Crippen molar-refractivity contribution in [1.82, 2.24) is 5.32 Å². The third-order valence-corrected chi connectivity index (χ3v) is 3.22. The van der Waals surface area contributed by atoms with Crippen LogP contribution in [0.15, 0.2) is 24.3 Å². The summed E-state index contributed by atoms with van der Waals surface area (Å²) in [5.41, 5.74) is 6.39. The third-order valence-electron chi connectivity index (χ3n) is 2.56. The molecule has 3 nitrogen and oxygen atoms in total. The van der Waals surface area contributed by atoms with Gasteiger partial charge in [-0.05, 0) is 18.1 Å². The Morgan fingerprint density at radius 1 is 1.50 bits per heavy atom. The topological polar surface area (TPSA) is 55.1 Å². The maximum absolute atomic E-state index is 11.9. The third kappa shape index (κ3) is 4.63. The molecule has 0 aromatic heterocycles. The van der Waals surface area contributed by atoms with Crippen LogP contribution in [-0.2, 0) is 11.2 Å². The molecule has 1 atom stereocenters. The summed E-state index contributed by atoms with van der Waals surface area (Å²) in [5, 5.41) is 3.42. The molecule has 0 aliphatic rings. The Hall–Kier alpha value is -1.13. The van der Waals surface area contributed by atoms with Gasteiger partial charge >= 0.3 is 0 Å². The number of hydrogen-bond acceptors (Lipinski definition) is 2. The summed E-state index contributed by atoms with van der Waals surface area (Å²) < 4.78 is 0. The largest absolute Gasteiger partial charge is 0.392 e. The summed E-state index contributed by atoms with van der Waals surface area (Å²) in [6.07, 6.45) is 1.90. The number of carbonyl (C=O) groups is 1. The van der Waals surface area contributed by atoms with Crippen LogP contribution in [0.1, 0.15) is 25.3 Å². The van der Waals surface area contributed by atoms with Gasteiger partial charge in [-0.1, -0.05) is 55.4 Å². The second-order valence-electron chi connectivity index (χ2n) is 4.08. The van der Waals surface area contributed by atoms with Crippen molar-refractivity contribution >= 4 is 34.7 Å². The standard InChI is InChI=1S/C13H17ClN2OS/c1-2-5-11(13(15)18)16-12(17)8-9-6-3-4-7-10(9)14/h3-4,6-7,11H,2,5,8H2,1H3,(H2,15,18)(H,16,17). The smallest absolute Gasteiger partial charge is 0.225 e. The number of carbonyl (C=O) groups excluding carboxylic acids is 1. The number of thiocarbonyl (C=S) groups is 1. The number of nitrogens with one attached hydrogen (secondary N) is 1. The fourth-order valence-corrected chi connectivity index (χ4v) is 2.01. The minimum Gasteiger partial charge on any atom is -0.392 e. The molecule has 1 rings (SSSR count). The highest BCUT2D eigenvalue weighted by Crippen LogP contribution is 2.15. The van der Waals surface area contributed by atoms with Gasteiger partial charge in [0.1, 0.15) is 0 Å². The van der Waals surface area contributed by atoms with E-state index in [9.17, 15) is 4.79 Å². The SMILES string of the molecule is CCCC(NC(=O)Cc1ccccc1Cl)C(N)=S. The lowest BCUT2D eigenvalue weighted by Gasteiger charge is -2.16. The molecule has 0 radical (unpaired) electrons. The minimum atomic E-state index is -0.236. The average molecular weight is 285 g/mol. The van der Waals surface area contributed by atoms with Crippen LogP contribution in [0, 0.1) is 0 Å². The lowest BCUT2D eigenvalue weighted by atomic mass is 10.1. The van der Waals surface area contributed by atoms with Gasteiger partial charge in [-0.25, -0.2) is 0 Å². The average Bonchev–Trinajstić information content (AvgIpc) is 2.31. The maximum Gasteiger partial charge on any atom is 0.225 e. The van der Waals surface area contributed by atoms with E-state index in [0.717, 1.165) is 18.4 Å². The molecule has 0 bridgehead atoms. The van der Waals surface area contributed by atoms with E-state index in [-0.39, 0.29) is 18.4 Å². The minimum absolute atomic E-state index is 0.116. The molecule has 3 N–H and O–H groups in total. The highest BCUT2D eigenvalue weighted by atomic mass is 35.5. The molecule has 0 aliphatic heterocycles. The van der Waals surface area contributed by atoms with Gasteiger partial charge in [0.15, 0.2) is 0 Å². The van der Waals surface area contributed by atoms with Gasteiger partial charge in [0.25, 0.3) is 0 Å². The van der Waals surface area contributed by atoms with Crippen LogP contribution in [-0.4, -0.2) is 16.9 Å². The first-order valence-electron chi connectivity index (χ1n) is 5.86. The maximum atomic E-state index is 11.9. The van der Waals surface area contributed by atoms with Crippen LogP contribution in [0.3, 0.4) is 0 Å². The molecule has 1 unspecified atom stereocenters. The summed E-state index contributed by atoms with van der Waals surface area (Å²) in [7, 11) is 0. The number of hydrogen-bond donors (Lipinski definition) is 2. The van der Waals surface area contributed by atoms with Crippen LogP contribution in [0.2, 0.25) is 5.02 Å². The van der Waals surface area contributed by atoms with E-state index < -0.39 is 0 Å². The lowest BCUT2D eigenvalue weighted by molar-refractivity contribution is -0.120. The summed E-state index contributed by atoms with van der Waals surface area (Å²) >= 11 is 10.9. The first-order chi connectivity index (χ1) is 8.54. The predicted molar refractivity (Wildman–Crippen MR) is 78.8 cm³/mol. The quantitative estimate of drug-likeness (QED) is 0.789. The molecule has 0 heterocycles. The number of halogens is 1. The van der Waals surface area contributed by atoms with Gasteiger partial charge in [-0.2, -0.15) is 0 Å². The molecule has 0 saturated carbocycles. The van der Waals surface area contributed by atoms with Gasteiger partial charge in [-0.3, -0.25) is 4.79 Å². The zero-order valence-corrected chi connectivity index (χ0v) is 11.9. The second-order valence-corrected chi connectivity index (χ2v) is 4.96. The van der Waals surface area contributed by atoms with E-state index in [1.165, 1.54) is 0 Å². The van der Waals surface area contributed by atoms with Crippen molar-refractivity contribution in [3.05, 3.63) is 34.9 Å². The molecule has 0 spiro atoms. The van der Waals surface area contributed by atoms with Crippen molar-refractivity contribution in [3.63, 3.8) is 0 Å². The van der Waals surface area contributed by atoms with Crippen LogP contribution in [0.25, 0.3) is 0 Å². The van der Waals surface area contributed by atoms with Crippen molar-refractivity contribution in [2.45, 2.75) is 32.2 Å². The molecule has 0 fully saturated rings. The van der Waals surface area contributed by atoms with Crippen molar-refractivity contribution < 1.29 is 4.79 Å². The molecule has 0 saturated heterocycles. The van der Waals surface area contributed by atoms with Crippen LogP contribution >= 0.6 is 23.8 Å². The Morgan fingerprint density at radius 2 is 2.17 bits per heavy atom. The molecule has 5 heteroatoms. The van der Waals surface area contributed by atoms with E-state index in [1.807, 2.05) is 25.1 Å². The van der Waals surface area contributed by atoms with E-state index in [4.69, 9.17) is 29.6 Å². The summed E-state index contributed by atoms with van der Waals surface area (Å²) in [6, 6.07) is 7.04. The summed E-state index contributed by atoms with van der Waals surface area (Å²) in [4.78, 5) is 12.2. The van der Waals surface area contributed by atoms with Gasteiger partial charge in [0.2, 0.25) is 5.91 Å². The molecule has 1 aromatic carbocycles. The van der Waals surface area contributed by atoms with Gasteiger partial charge in [0.05, 0.1) is 17.5 Å². The molecular formula is C13H17ClN2OS. The number of benzene rings is 1. The molecular weight excluding hydrogens is 268 g/mol. The van der Waals surface area contributed by atoms with Crippen LogP contribution in [0.4, 0.5) is 0 Å². The molecule has 98 valence electrons. The normalized spacial score (nSPS) is 11.9. The number of amides is 1. The molecule has 1 amide bonds. The fraction of sp³-hybridized carbons (Fsp3) is 0.385. The first kappa shape index (κ1) is 14.9.